The van der Waals surface area contributed by atoms with E-state index < -0.39 is 0 Å². The zero-order valence-electron chi connectivity index (χ0n) is 9.50. The van der Waals surface area contributed by atoms with Gasteiger partial charge in [0, 0.05) is 18.2 Å². The van der Waals surface area contributed by atoms with Gasteiger partial charge in [-0.1, -0.05) is 0 Å². The molecule has 2 heterocycles. The molecule has 0 spiro atoms. The molecule has 4 nitrogen and oxygen atoms in total. The lowest BCUT2D eigenvalue weighted by molar-refractivity contribution is 0.0680. The van der Waals surface area contributed by atoms with Gasteiger partial charge in [-0.2, -0.15) is 0 Å². The number of hydrogen-bond acceptors (Lipinski definition) is 4. The quantitative estimate of drug-likeness (QED) is 0.810. The molecule has 3 rings (SSSR count). The number of benzene rings is 1. The maximum absolute atomic E-state index is 5.72. The van der Waals surface area contributed by atoms with Crippen molar-refractivity contribution in [3.8, 4) is 5.75 Å². The minimum absolute atomic E-state index is 0.248. The Kier molecular flexibility index (Phi) is 2.88. The molecule has 1 aromatic carbocycles. The van der Waals surface area contributed by atoms with Crippen LogP contribution in [0.1, 0.15) is 12.8 Å². The van der Waals surface area contributed by atoms with Gasteiger partial charge in [0.15, 0.2) is 0 Å². The van der Waals surface area contributed by atoms with Crippen LogP contribution in [0.3, 0.4) is 0 Å². The summed E-state index contributed by atoms with van der Waals surface area (Å²) in [7, 11) is 0. The number of nitrogens with zero attached hydrogens (tertiary/aromatic N) is 2. The first-order valence-corrected chi connectivity index (χ1v) is 5.86. The molecule has 1 aliphatic rings. The van der Waals surface area contributed by atoms with Crippen LogP contribution < -0.4 is 4.74 Å². The van der Waals surface area contributed by atoms with Crippen molar-refractivity contribution in [1.29, 1.82) is 0 Å². The molecule has 88 valence electrons. The Hall–Kier alpha value is -1.68. The number of fused-ring (bicyclic) bond motifs is 1. The Bertz CT molecular complexity index is 510. The van der Waals surface area contributed by atoms with E-state index in [2.05, 4.69) is 9.97 Å². The molecule has 1 atom stereocenters. The SMILES string of the molecule is c1ncc2cc(OC[C@@H]3CCCO3)ccc2n1. The molecule has 1 saturated heterocycles. The molecule has 4 heteroatoms. The minimum Gasteiger partial charge on any atom is -0.491 e. The van der Waals surface area contributed by atoms with Crippen LogP contribution in [-0.4, -0.2) is 29.3 Å². The van der Waals surface area contributed by atoms with Crippen molar-refractivity contribution >= 4 is 10.9 Å². The summed E-state index contributed by atoms with van der Waals surface area (Å²) >= 11 is 0. The molecule has 0 aliphatic carbocycles. The Labute approximate surface area is 99.6 Å². The van der Waals surface area contributed by atoms with E-state index in [9.17, 15) is 0 Å². The zero-order valence-corrected chi connectivity index (χ0v) is 9.50. The molecular formula is C13H14N2O2. The average Bonchev–Trinajstić information content (AvgIpc) is 2.89. The molecule has 0 unspecified atom stereocenters. The van der Waals surface area contributed by atoms with Crippen LogP contribution in [0.5, 0.6) is 5.75 Å². The number of ether oxygens (including phenoxy) is 2. The molecule has 0 radical (unpaired) electrons. The van der Waals surface area contributed by atoms with Gasteiger partial charge < -0.3 is 9.47 Å². The lowest BCUT2D eigenvalue weighted by atomic mass is 10.2. The van der Waals surface area contributed by atoms with Crippen molar-refractivity contribution in [1.82, 2.24) is 9.97 Å². The summed E-state index contributed by atoms with van der Waals surface area (Å²) in [5.41, 5.74) is 0.935. The molecule has 0 N–H and O–H groups in total. The van der Waals surface area contributed by atoms with Crippen LogP contribution in [0, 0.1) is 0 Å². The third kappa shape index (κ3) is 2.36. The number of aromatic nitrogens is 2. The Balaban J connectivity index is 1.72. The molecule has 0 amide bonds. The second-order valence-corrected chi connectivity index (χ2v) is 4.19. The van der Waals surface area contributed by atoms with E-state index in [1.807, 2.05) is 18.2 Å². The highest BCUT2D eigenvalue weighted by molar-refractivity contribution is 5.78. The van der Waals surface area contributed by atoms with Gasteiger partial charge in [-0.25, -0.2) is 9.97 Å². The summed E-state index contributed by atoms with van der Waals surface area (Å²) < 4.78 is 11.2. The second kappa shape index (κ2) is 4.67. The molecule has 1 aromatic heterocycles. The van der Waals surface area contributed by atoms with Gasteiger partial charge in [0.05, 0.1) is 11.6 Å². The van der Waals surface area contributed by atoms with Crippen molar-refractivity contribution in [3.05, 3.63) is 30.7 Å². The predicted octanol–water partition coefficient (Wildman–Crippen LogP) is 2.19. The maximum atomic E-state index is 5.72. The standard InChI is InChI=1S/C13H14N2O2/c1-2-12(16-5-1)8-17-11-3-4-13-10(6-11)7-14-9-15-13/h3-4,6-7,9,12H,1-2,5,8H2/t12-/m0/s1. The largest absolute Gasteiger partial charge is 0.491 e. The fourth-order valence-electron chi connectivity index (χ4n) is 2.02. The van der Waals surface area contributed by atoms with E-state index in [0.717, 1.165) is 36.1 Å². The lowest BCUT2D eigenvalue weighted by Crippen LogP contribution is -2.16. The summed E-state index contributed by atoms with van der Waals surface area (Å²) in [6, 6.07) is 5.84. The first kappa shape index (κ1) is 10.5. The third-order valence-corrected chi connectivity index (χ3v) is 2.94. The molecule has 17 heavy (non-hydrogen) atoms. The lowest BCUT2D eigenvalue weighted by Gasteiger charge is -2.11. The van der Waals surface area contributed by atoms with Gasteiger partial charge in [0.2, 0.25) is 0 Å². The fourth-order valence-corrected chi connectivity index (χ4v) is 2.02. The van der Waals surface area contributed by atoms with Gasteiger partial charge in [0.1, 0.15) is 18.7 Å². The molecule has 2 aromatic rings. The van der Waals surface area contributed by atoms with Gasteiger partial charge in [-0.15, -0.1) is 0 Å². The summed E-state index contributed by atoms with van der Waals surface area (Å²) in [5, 5.41) is 0.998. The number of hydrogen-bond donors (Lipinski definition) is 0. The first-order valence-electron chi connectivity index (χ1n) is 5.86. The van der Waals surface area contributed by atoms with Gasteiger partial charge >= 0.3 is 0 Å². The smallest absolute Gasteiger partial charge is 0.120 e. The average molecular weight is 230 g/mol. The summed E-state index contributed by atoms with van der Waals surface area (Å²) in [6.07, 6.45) is 5.82. The van der Waals surface area contributed by atoms with E-state index in [1.165, 1.54) is 0 Å². The predicted molar refractivity (Wildman–Crippen MR) is 64.0 cm³/mol. The zero-order chi connectivity index (χ0) is 11.5. The summed E-state index contributed by atoms with van der Waals surface area (Å²) in [4.78, 5) is 8.17. The van der Waals surface area contributed by atoms with Gasteiger partial charge in [-0.3, -0.25) is 0 Å². The van der Waals surface area contributed by atoms with E-state index in [0.29, 0.717) is 6.61 Å². The van der Waals surface area contributed by atoms with Gasteiger partial charge in [-0.05, 0) is 31.0 Å². The van der Waals surface area contributed by atoms with E-state index in [-0.39, 0.29) is 6.10 Å². The van der Waals surface area contributed by atoms with Crippen LogP contribution in [0.4, 0.5) is 0 Å². The van der Waals surface area contributed by atoms with Crippen LogP contribution in [0.15, 0.2) is 30.7 Å². The molecule has 0 saturated carbocycles. The van der Waals surface area contributed by atoms with Crippen LogP contribution in [0.2, 0.25) is 0 Å². The minimum atomic E-state index is 0.248. The Morgan fingerprint density at radius 2 is 2.41 bits per heavy atom. The third-order valence-electron chi connectivity index (χ3n) is 2.94. The molecular weight excluding hydrogens is 216 g/mol. The highest BCUT2D eigenvalue weighted by atomic mass is 16.5. The summed E-state index contributed by atoms with van der Waals surface area (Å²) in [6.45, 7) is 1.48. The molecule has 0 bridgehead atoms. The Morgan fingerprint density at radius 3 is 3.29 bits per heavy atom. The van der Waals surface area contributed by atoms with E-state index in [4.69, 9.17) is 9.47 Å². The maximum Gasteiger partial charge on any atom is 0.120 e. The summed E-state index contributed by atoms with van der Waals surface area (Å²) in [5.74, 6) is 0.850. The first-order chi connectivity index (χ1) is 8.42. The molecule has 1 fully saturated rings. The number of rotatable bonds is 3. The monoisotopic (exact) mass is 230 g/mol. The van der Waals surface area contributed by atoms with Crippen molar-refractivity contribution in [3.63, 3.8) is 0 Å². The van der Waals surface area contributed by atoms with Crippen molar-refractivity contribution in [2.45, 2.75) is 18.9 Å². The van der Waals surface area contributed by atoms with Crippen molar-refractivity contribution in [2.24, 2.45) is 0 Å². The van der Waals surface area contributed by atoms with Crippen LogP contribution >= 0.6 is 0 Å². The van der Waals surface area contributed by atoms with Crippen molar-refractivity contribution in [2.75, 3.05) is 13.2 Å². The van der Waals surface area contributed by atoms with Crippen molar-refractivity contribution < 1.29 is 9.47 Å². The van der Waals surface area contributed by atoms with Gasteiger partial charge in [0.25, 0.3) is 0 Å². The van der Waals surface area contributed by atoms with Crippen LogP contribution in [-0.2, 0) is 4.74 Å². The topological polar surface area (TPSA) is 44.2 Å². The fraction of sp³-hybridized carbons (Fsp3) is 0.385. The highest BCUT2D eigenvalue weighted by Gasteiger charge is 2.15. The Morgan fingerprint density at radius 1 is 1.41 bits per heavy atom. The molecule has 1 aliphatic heterocycles. The van der Waals surface area contributed by atoms with E-state index in [1.54, 1.807) is 12.5 Å². The normalized spacial score (nSPS) is 19.6. The highest BCUT2D eigenvalue weighted by Crippen LogP contribution is 2.20. The second-order valence-electron chi connectivity index (χ2n) is 4.19. The van der Waals surface area contributed by atoms with Crippen LogP contribution in [0.25, 0.3) is 10.9 Å². The van der Waals surface area contributed by atoms with E-state index >= 15 is 0 Å².